The lowest BCUT2D eigenvalue weighted by Gasteiger charge is -2.16. The summed E-state index contributed by atoms with van der Waals surface area (Å²) >= 11 is 0. The molecule has 0 saturated heterocycles. The fourth-order valence-corrected chi connectivity index (χ4v) is 0.984. The molecular weight excluding hydrogens is 124 g/mol. The molecule has 49 valence electrons. The summed E-state index contributed by atoms with van der Waals surface area (Å²) in [5.41, 5.74) is 2.36. The topological polar surface area (TPSA) is 24.1 Å². The lowest BCUT2D eigenvalue weighted by molar-refractivity contribution is 0.785. The molecule has 0 fully saturated rings. The van der Waals surface area contributed by atoms with Gasteiger partial charge in [0.05, 0.1) is 0 Å². The van der Waals surface area contributed by atoms with E-state index in [4.69, 9.17) is 0 Å². The largest absolute Gasteiger partial charge is 0.361 e. The van der Waals surface area contributed by atoms with Crippen LogP contribution in [0.5, 0.6) is 0 Å². The van der Waals surface area contributed by atoms with Crippen LogP contribution in [-0.4, -0.2) is 0 Å². The summed E-state index contributed by atoms with van der Waals surface area (Å²) in [4.78, 5) is 0. The number of anilines is 1. The van der Waals surface area contributed by atoms with Gasteiger partial charge in [-0.3, -0.25) is 5.32 Å². The highest BCUT2D eigenvalue weighted by molar-refractivity contribution is 5.53. The molecule has 2 N–H and O–H groups in total. The molecule has 1 aromatic rings. The third-order valence-electron chi connectivity index (χ3n) is 1.51. The summed E-state index contributed by atoms with van der Waals surface area (Å²) in [5, 5.41) is 5.94. The molecule has 10 heavy (non-hydrogen) atoms. The van der Waals surface area contributed by atoms with Gasteiger partial charge in [-0.25, -0.2) is 0 Å². The van der Waals surface area contributed by atoms with Crippen LogP contribution in [0.2, 0.25) is 0 Å². The normalized spacial score (nSPS) is 15.6. The second kappa shape index (κ2) is 2.31. The number of hydrogen-bond acceptors (Lipinski definition) is 2. The van der Waals surface area contributed by atoms with Crippen molar-refractivity contribution in [2.45, 2.75) is 6.54 Å². The highest BCUT2D eigenvalue weighted by atomic mass is 15.1. The van der Waals surface area contributed by atoms with Crippen LogP contribution in [0, 0.1) is 12.7 Å². The van der Waals surface area contributed by atoms with Gasteiger partial charge in [0, 0.05) is 12.2 Å². The van der Waals surface area contributed by atoms with Crippen molar-refractivity contribution in [3.05, 3.63) is 36.5 Å². The van der Waals surface area contributed by atoms with Crippen LogP contribution < -0.4 is 10.6 Å². The standard InChI is InChI=1S/C8H7N2/c1-2-4-8-7(3-1)5-9-6-10-8/h2-4,9-10H,5H2. The van der Waals surface area contributed by atoms with Crippen molar-refractivity contribution in [3.63, 3.8) is 0 Å². The Bertz CT molecular complexity index is 207. The van der Waals surface area contributed by atoms with E-state index in [2.05, 4.69) is 23.4 Å². The first-order chi connectivity index (χ1) is 4.97. The summed E-state index contributed by atoms with van der Waals surface area (Å²) in [7, 11) is 0. The average molecular weight is 131 g/mol. The quantitative estimate of drug-likeness (QED) is 0.548. The van der Waals surface area contributed by atoms with E-state index < -0.39 is 0 Å². The number of nitrogens with one attached hydrogen (secondary N) is 2. The van der Waals surface area contributed by atoms with E-state index in [1.165, 1.54) is 5.56 Å². The van der Waals surface area contributed by atoms with Crippen molar-refractivity contribution in [1.82, 2.24) is 5.32 Å². The molecule has 1 aromatic carbocycles. The lowest BCUT2D eigenvalue weighted by Crippen LogP contribution is -2.21. The number of fused-ring (bicyclic) bond motifs is 1. The average Bonchev–Trinajstić information content (AvgIpc) is 2.05. The van der Waals surface area contributed by atoms with Gasteiger partial charge in [0.15, 0.2) is 6.67 Å². The van der Waals surface area contributed by atoms with E-state index in [-0.39, 0.29) is 0 Å². The minimum absolute atomic E-state index is 0.847. The van der Waals surface area contributed by atoms with Crippen LogP contribution >= 0.6 is 0 Å². The van der Waals surface area contributed by atoms with Gasteiger partial charge in [0.2, 0.25) is 0 Å². The molecule has 2 rings (SSSR count). The predicted octanol–water partition coefficient (Wildman–Crippen LogP) is 0.998. The maximum atomic E-state index is 3.01. The molecule has 0 aliphatic carbocycles. The van der Waals surface area contributed by atoms with Crippen LogP contribution in [0.1, 0.15) is 5.56 Å². The van der Waals surface area contributed by atoms with Gasteiger partial charge in [-0.05, 0) is 23.8 Å². The highest BCUT2D eigenvalue weighted by Gasteiger charge is 2.05. The summed E-state index contributed by atoms with van der Waals surface area (Å²) in [6.45, 7) is 3.67. The maximum Gasteiger partial charge on any atom is 0.171 e. The predicted molar refractivity (Wildman–Crippen MR) is 39.0 cm³/mol. The fraction of sp³-hybridized carbons (Fsp3) is 0.125. The monoisotopic (exact) mass is 131 g/mol. The zero-order chi connectivity index (χ0) is 6.81. The number of hydrogen-bond donors (Lipinski definition) is 2. The Morgan fingerprint density at radius 2 is 2.50 bits per heavy atom. The molecule has 0 bridgehead atoms. The van der Waals surface area contributed by atoms with Crippen LogP contribution in [0.25, 0.3) is 0 Å². The number of benzene rings is 1. The van der Waals surface area contributed by atoms with Crippen molar-refractivity contribution in [2.24, 2.45) is 0 Å². The SMILES string of the molecule is [C]1NCc2c[c]ccc2N1. The van der Waals surface area contributed by atoms with E-state index >= 15 is 0 Å². The lowest BCUT2D eigenvalue weighted by atomic mass is 10.1. The summed E-state index contributed by atoms with van der Waals surface area (Å²) < 4.78 is 0. The Hall–Kier alpha value is -1.02. The molecule has 1 aliphatic heterocycles. The molecule has 0 saturated carbocycles. The van der Waals surface area contributed by atoms with Crippen LogP contribution in [0.4, 0.5) is 5.69 Å². The molecule has 0 aromatic heterocycles. The first kappa shape index (κ1) is 5.74. The molecule has 0 spiro atoms. The molecule has 1 aliphatic rings. The van der Waals surface area contributed by atoms with Crippen molar-refractivity contribution < 1.29 is 0 Å². The first-order valence-corrected chi connectivity index (χ1v) is 3.20. The zero-order valence-electron chi connectivity index (χ0n) is 5.44. The van der Waals surface area contributed by atoms with E-state index in [0.29, 0.717) is 0 Å². The Labute approximate surface area is 60.3 Å². The summed E-state index contributed by atoms with van der Waals surface area (Å²) in [5.74, 6) is 0. The van der Waals surface area contributed by atoms with E-state index in [1.807, 2.05) is 18.2 Å². The van der Waals surface area contributed by atoms with Crippen LogP contribution in [0.15, 0.2) is 18.2 Å². The van der Waals surface area contributed by atoms with E-state index in [1.54, 1.807) is 0 Å². The summed E-state index contributed by atoms with van der Waals surface area (Å²) in [6, 6.07) is 8.86. The summed E-state index contributed by atoms with van der Waals surface area (Å²) in [6.07, 6.45) is 0. The Morgan fingerprint density at radius 3 is 3.40 bits per heavy atom. The zero-order valence-corrected chi connectivity index (χ0v) is 5.44. The van der Waals surface area contributed by atoms with Gasteiger partial charge in [-0.15, -0.1) is 0 Å². The van der Waals surface area contributed by atoms with Crippen molar-refractivity contribution in [3.8, 4) is 0 Å². The first-order valence-electron chi connectivity index (χ1n) is 3.20. The van der Waals surface area contributed by atoms with Gasteiger partial charge in [0.1, 0.15) is 0 Å². The molecule has 2 heteroatoms. The third kappa shape index (κ3) is 0.866. The molecule has 0 atom stereocenters. The molecule has 2 nitrogen and oxygen atoms in total. The Morgan fingerprint density at radius 1 is 1.50 bits per heavy atom. The van der Waals surface area contributed by atoms with Crippen molar-refractivity contribution in [1.29, 1.82) is 0 Å². The van der Waals surface area contributed by atoms with Gasteiger partial charge >= 0.3 is 0 Å². The van der Waals surface area contributed by atoms with Crippen LogP contribution in [0.3, 0.4) is 0 Å². The molecule has 0 unspecified atom stereocenters. The molecule has 1 heterocycles. The van der Waals surface area contributed by atoms with Crippen molar-refractivity contribution in [2.75, 3.05) is 5.32 Å². The van der Waals surface area contributed by atoms with Gasteiger partial charge in [-0.2, -0.15) is 0 Å². The third-order valence-corrected chi connectivity index (χ3v) is 1.51. The van der Waals surface area contributed by atoms with Gasteiger partial charge in [0.25, 0.3) is 0 Å². The second-order valence-corrected chi connectivity index (χ2v) is 2.19. The molecule has 3 radical (unpaired) electrons. The smallest absolute Gasteiger partial charge is 0.171 e. The Balaban J connectivity index is 2.41. The number of rotatable bonds is 0. The minimum atomic E-state index is 0.847. The highest BCUT2D eigenvalue weighted by Crippen LogP contribution is 2.16. The molecule has 0 amide bonds. The van der Waals surface area contributed by atoms with Gasteiger partial charge in [-0.1, -0.05) is 6.07 Å². The Kier molecular flexibility index (Phi) is 1.32. The van der Waals surface area contributed by atoms with E-state index in [9.17, 15) is 0 Å². The van der Waals surface area contributed by atoms with E-state index in [0.717, 1.165) is 12.2 Å². The second-order valence-electron chi connectivity index (χ2n) is 2.19. The van der Waals surface area contributed by atoms with Crippen molar-refractivity contribution >= 4 is 5.69 Å². The minimum Gasteiger partial charge on any atom is -0.361 e. The molecular formula is C8H7N2. The maximum absolute atomic E-state index is 3.01. The van der Waals surface area contributed by atoms with Gasteiger partial charge < -0.3 is 5.32 Å². The fourth-order valence-electron chi connectivity index (χ4n) is 0.984. The van der Waals surface area contributed by atoms with Crippen LogP contribution in [-0.2, 0) is 6.54 Å².